The summed E-state index contributed by atoms with van der Waals surface area (Å²) in [4.78, 5) is 24.1. The number of ether oxygens (including phenoxy) is 1. The summed E-state index contributed by atoms with van der Waals surface area (Å²) in [6.45, 7) is 3.22. The van der Waals surface area contributed by atoms with Crippen LogP contribution in [-0.4, -0.2) is 66.1 Å². The first kappa shape index (κ1) is 15.7. The molecule has 1 heterocycles. The van der Waals surface area contributed by atoms with Crippen LogP contribution >= 0.6 is 0 Å². The normalized spacial score (nSPS) is 22.4. The standard InChI is InChI=1S/C12H22N2O5/c1-8(15)10(11(16)17)13-12(18)14(2)6-9-4-3-5-19-7-9/h8-10,15H,3-7H2,1-2H3,(H,13,18)(H,16,17)/t8-,9?,10+/m1/s1. The average molecular weight is 274 g/mol. The predicted octanol–water partition coefficient (Wildman–Crippen LogP) is -0.112. The van der Waals surface area contributed by atoms with E-state index >= 15 is 0 Å². The Balaban J connectivity index is 2.44. The van der Waals surface area contributed by atoms with E-state index in [1.807, 2.05) is 0 Å². The Morgan fingerprint density at radius 1 is 1.53 bits per heavy atom. The van der Waals surface area contributed by atoms with Crippen LogP contribution in [0.3, 0.4) is 0 Å². The van der Waals surface area contributed by atoms with Crippen molar-refractivity contribution in [3.8, 4) is 0 Å². The minimum Gasteiger partial charge on any atom is -0.480 e. The molecule has 0 aliphatic carbocycles. The van der Waals surface area contributed by atoms with E-state index in [2.05, 4.69) is 5.32 Å². The minimum absolute atomic E-state index is 0.277. The molecular formula is C12H22N2O5. The van der Waals surface area contributed by atoms with Crippen LogP contribution in [0.25, 0.3) is 0 Å². The fourth-order valence-corrected chi connectivity index (χ4v) is 2.05. The van der Waals surface area contributed by atoms with Crippen molar-refractivity contribution in [1.82, 2.24) is 10.2 Å². The summed E-state index contributed by atoms with van der Waals surface area (Å²) in [5.74, 6) is -0.975. The van der Waals surface area contributed by atoms with Gasteiger partial charge in [0.2, 0.25) is 0 Å². The highest BCUT2D eigenvalue weighted by molar-refractivity contribution is 5.82. The molecule has 1 fully saturated rings. The lowest BCUT2D eigenvalue weighted by molar-refractivity contribution is -0.141. The Kier molecular flexibility index (Phi) is 6.04. The van der Waals surface area contributed by atoms with E-state index in [1.54, 1.807) is 7.05 Å². The number of aliphatic carboxylic acids is 1. The van der Waals surface area contributed by atoms with Crippen molar-refractivity contribution in [2.24, 2.45) is 5.92 Å². The minimum atomic E-state index is -1.29. The van der Waals surface area contributed by atoms with E-state index < -0.39 is 24.1 Å². The van der Waals surface area contributed by atoms with Gasteiger partial charge in [-0.25, -0.2) is 9.59 Å². The quantitative estimate of drug-likeness (QED) is 0.649. The molecule has 7 heteroatoms. The molecule has 19 heavy (non-hydrogen) atoms. The SMILES string of the molecule is C[C@@H](O)[C@H](NC(=O)N(C)CC1CCCOC1)C(=O)O. The fourth-order valence-electron chi connectivity index (χ4n) is 2.05. The molecule has 0 aromatic rings. The van der Waals surface area contributed by atoms with Gasteiger partial charge in [0.15, 0.2) is 6.04 Å². The molecule has 0 aromatic heterocycles. The Hall–Kier alpha value is -1.34. The third kappa shape index (κ3) is 5.04. The number of urea groups is 1. The van der Waals surface area contributed by atoms with E-state index in [9.17, 15) is 14.7 Å². The van der Waals surface area contributed by atoms with E-state index in [0.717, 1.165) is 19.4 Å². The number of hydrogen-bond donors (Lipinski definition) is 3. The second-order valence-electron chi connectivity index (χ2n) is 4.97. The molecule has 1 unspecified atom stereocenters. The van der Waals surface area contributed by atoms with Gasteiger partial charge in [-0.15, -0.1) is 0 Å². The predicted molar refractivity (Wildman–Crippen MR) is 67.8 cm³/mol. The van der Waals surface area contributed by atoms with E-state index in [-0.39, 0.29) is 5.92 Å². The van der Waals surface area contributed by atoms with Crippen LogP contribution in [-0.2, 0) is 9.53 Å². The van der Waals surface area contributed by atoms with Crippen LogP contribution in [0.1, 0.15) is 19.8 Å². The van der Waals surface area contributed by atoms with Gasteiger partial charge >= 0.3 is 12.0 Å². The summed E-state index contributed by atoms with van der Waals surface area (Å²) >= 11 is 0. The molecule has 110 valence electrons. The van der Waals surface area contributed by atoms with Crippen LogP contribution in [0, 0.1) is 5.92 Å². The molecule has 3 atom stereocenters. The summed E-state index contributed by atoms with van der Waals surface area (Å²) in [6.07, 6.45) is 0.829. The lowest BCUT2D eigenvalue weighted by Gasteiger charge is -2.28. The van der Waals surface area contributed by atoms with Crippen molar-refractivity contribution in [3.05, 3.63) is 0 Å². The highest BCUT2D eigenvalue weighted by Crippen LogP contribution is 2.14. The number of carbonyl (C=O) groups is 2. The molecule has 1 rings (SSSR count). The Labute approximate surface area is 112 Å². The van der Waals surface area contributed by atoms with Crippen LogP contribution < -0.4 is 5.32 Å². The zero-order chi connectivity index (χ0) is 14.4. The molecule has 1 aliphatic rings. The van der Waals surface area contributed by atoms with Crippen LogP contribution in [0.5, 0.6) is 0 Å². The maximum Gasteiger partial charge on any atom is 0.328 e. The molecule has 7 nitrogen and oxygen atoms in total. The summed E-state index contributed by atoms with van der Waals surface area (Å²) in [5.41, 5.74) is 0. The van der Waals surface area contributed by atoms with Gasteiger partial charge in [-0.2, -0.15) is 0 Å². The number of hydrogen-bond acceptors (Lipinski definition) is 4. The van der Waals surface area contributed by atoms with Gasteiger partial charge in [0.05, 0.1) is 12.7 Å². The lowest BCUT2D eigenvalue weighted by Crippen LogP contribution is -2.52. The molecule has 1 aliphatic heterocycles. The van der Waals surface area contributed by atoms with E-state index in [1.165, 1.54) is 11.8 Å². The monoisotopic (exact) mass is 274 g/mol. The number of aliphatic hydroxyl groups excluding tert-OH is 1. The second kappa shape index (κ2) is 7.30. The number of amides is 2. The molecule has 0 bridgehead atoms. The number of carbonyl (C=O) groups excluding carboxylic acids is 1. The van der Waals surface area contributed by atoms with Crippen LogP contribution in [0.2, 0.25) is 0 Å². The van der Waals surface area contributed by atoms with Gasteiger partial charge in [0.1, 0.15) is 0 Å². The summed E-state index contributed by atoms with van der Waals surface area (Å²) < 4.78 is 5.33. The van der Waals surface area contributed by atoms with E-state index in [4.69, 9.17) is 9.84 Å². The molecular weight excluding hydrogens is 252 g/mol. The van der Waals surface area contributed by atoms with E-state index in [0.29, 0.717) is 13.2 Å². The fraction of sp³-hybridized carbons (Fsp3) is 0.833. The van der Waals surface area contributed by atoms with Crippen molar-refractivity contribution in [2.45, 2.75) is 31.9 Å². The Bertz CT molecular complexity index is 315. The van der Waals surface area contributed by atoms with Gasteiger partial charge in [0, 0.05) is 26.1 Å². The van der Waals surface area contributed by atoms with Gasteiger partial charge in [0.25, 0.3) is 0 Å². The van der Waals surface area contributed by atoms with Crippen molar-refractivity contribution < 1.29 is 24.5 Å². The zero-order valence-corrected chi connectivity index (χ0v) is 11.3. The smallest absolute Gasteiger partial charge is 0.328 e. The van der Waals surface area contributed by atoms with Gasteiger partial charge in [-0.05, 0) is 19.8 Å². The highest BCUT2D eigenvalue weighted by Gasteiger charge is 2.27. The summed E-state index contributed by atoms with van der Waals surface area (Å²) in [5, 5.41) is 20.5. The molecule has 1 saturated heterocycles. The first-order chi connectivity index (χ1) is 8.91. The number of rotatable bonds is 5. The number of carboxylic acid groups (broad SMARTS) is 1. The molecule has 3 N–H and O–H groups in total. The highest BCUT2D eigenvalue weighted by atomic mass is 16.5. The maximum atomic E-state index is 11.8. The Morgan fingerprint density at radius 2 is 2.21 bits per heavy atom. The van der Waals surface area contributed by atoms with Gasteiger partial charge in [-0.1, -0.05) is 0 Å². The van der Waals surface area contributed by atoms with Crippen molar-refractivity contribution >= 4 is 12.0 Å². The number of nitrogens with zero attached hydrogens (tertiary/aromatic N) is 1. The molecule has 0 saturated carbocycles. The first-order valence-corrected chi connectivity index (χ1v) is 6.42. The summed E-state index contributed by atoms with van der Waals surface area (Å²) in [6, 6.07) is -1.79. The van der Waals surface area contributed by atoms with Crippen molar-refractivity contribution in [1.29, 1.82) is 0 Å². The topological polar surface area (TPSA) is 99.1 Å². The third-order valence-corrected chi connectivity index (χ3v) is 3.16. The van der Waals surface area contributed by atoms with Crippen molar-refractivity contribution in [2.75, 3.05) is 26.8 Å². The largest absolute Gasteiger partial charge is 0.480 e. The maximum absolute atomic E-state index is 11.8. The zero-order valence-electron chi connectivity index (χ0n) is 11.3. The summed E-state index contributed by atoms with van der Waals surface area (Å²) in [7, 11) is 1.60. The molecule has 0 radical (unpaired) electrons. The number of nitrogens with one attached hydrogen (secondary N) is 1. The van der Waals surface area contributed by atoms with Crippen molar-refractivity contribution in [3.63, 3.8) is 0 Å². The molecule has 0 spiro atoms. The Morgan fingerprint density at radius 3 is 2.68 bits per heavy atom. The van der Waals surface area contributed by atoms with Crippen LogP contribution in [0.15, 0.2) is 0 Å². The number of carboxylic acids is 1. The van der Waals surface area contributed by atoms with Gasteiger partial charge in [-0.3, -0.25) is 0 Å². The molecule has 0 aromatic carbocycles. The second-order valence-corrected chi connectivity index (χ2v) is 4.97. The average Bonchev–Trinajstić information content (AvgIpc) is 2.35. The van der Waals surface area contributed by atoms with Gasteiger partial charge < -0.3 is 25.2 Å². The molecule has 2 amide bonds. The lowest BCUT2D eigenvalue weighted by atomic mass is 10.0. The van der Waals surface area contributed by atoms with Crippen LogP contribution in [0.4, 0.5) is 4.79 Å². The third-order valence-electron chi connectivity index (χ3n) is 3.16. The first-order valence-electron chi connectivity index (χ1n) is 6.42. The number of aliphatic hydroxyl groups is 1.